The Morgan fingerprint density at radius 3 is 2.83 bits per heavy atom. The van der Waals surface area contributed by atoms with Gasteiger partial charge in [-0.05, 0) is 31.2 Å². The first kappa shape index (κ1) is 15.2. The largest absolute Gasteiger partial charge is 0.255 e. The van der Waals surface area contributed by atoms with E-state index in [1.807, 2.05) is 25.1 Å². The lowest BCUT2D eigenvalue weighted by atomic mass is 10.1. The second kappa shape index (κ2) is 6.62. The number of hydrogen-bond donors (Lipinski definition) is 1. The van der Waals surface area contributed by atoms with Crippen molar-refractivity contribution in [3.05, 3.63) is 65.3 Å². The van der Waals surface area contributed by atoms with Crippen LogP contribution in [0.3, 0.4) is 0 Å². The highest BCUT2D eigenvalue weighted by Gasteiger charge is 2.10. The molecule has 0 aliphatic carbocycles. The summed E-state index contributed by atoms with van der Waals surface area (Å²) in [5, 5.41) is 6.40. The van der Waals surface area contributed by atoms with Crippen LogP contribution >= 0.6 is 11.3 Å². The average molecular weight is 330 g/mol. The molecule has 116 valence electrons. The van der Waals surface area contributed by atoms with Gasteiger partial charge in [-0.25, -0.2) is 13.8 Å². The van der Waals surface area contributed by atoms with Crippen molar-refractivity contribution in [2.24, 2.45) is 5.10 Å². The van der Waals surface area contributed by atoms with Gasteiger partial charge >= 0.3 is 0 Å². The van der Waals surface area contributed by atoms with Crippen LogP contribution < -0.4 is 5.43 Å². The first-order valence-electron chi connectivity index (χ1n) is 6.76. The van der Waals surface area contributed by atoms with Crippen LogP contribution in [0.25, 0.3) is 11.3 Å². The standard InChI is InChI=1S/C16H12F2N4S/c1-10(14-4-2-3-7-19-14)21-22-16-20-15(9-23-16)12-6-5-11(17)8-13(12)18/h2-9H,1H3,(H,20,22)/b21-10-. The molecular formula is C16H12F2N4S. The Bertz CT molecular complexity index is 846. The number of anilines is 1. The zero-order chi connectivity index (χ0) is 16.2. The molecular weight excluding hydrogens is 318 g/mol. The Hall–Kier alpha value is -2.67. The minimum atomic E-state index is -0.644. The van der Waals surface area contributed by atoms with E-state index >= 15 is 0 Å². The Labute approximate surface area is 135 Å². The molecule has 3 aromatic rings. The average Bonchev–Trinajstić information content (AvgIpc) is 3.02. The van der Waals surface area contributed by atoms with Crippen molar-refractivity contribution in [2.45, 2.75) is 6.92 Å². The molecule has 23 heavy (non-hydrogen) atoms. The predicted octanol–water partition coefficient (Wildman–Crippen LogP) is 4.32. The summed E-state index contributed by atoms with van der Waals surface area (Å²) < 4.78 is 26.7. The van der Waals surface area contributed by atoms with Crippen LogP contribution in [0.15, 0.2) is 53.1 Å². The maximum atomic E-state index is 13.7. The van der Waals surface area contributed by atoms with E-state index < -0.39 is 11.6 Å². The smallest absolute Gasteiger partial charge is 0.203 e. The van der Waals surface area contributed by atoms with E-state index in [1.54, 1.807) is 11.6 Å². The molecule has 0 fully saturated rings. The summed E-state index contributed by atoms with van der Waals surface area (Å²) in [6.07, 6.45) is 1.69. The van der Waals surface area contributed by atoms with Gasteiger partial charge in [0.1, 0.15) is 11.6 Å². The van der Waals surface area contributed by atoms with Crippen molar-refractivity contribution in [2.75, 3.05) is 5.43 Å². The van der Waals surface area contributed by atoms with Crippen molar-refractivity contribution in [1.82, 2.24) is 9.97 Å². The highest BCUT2D eigenvalue weighted by molar-refractivity contribution is 7.14. The van der Waals surface area contributed by atoms with E-state index in [0.717, 1.165) is 11.8 Å². The van der Waals surface area contributed by atoms with Crippen LogP contribution in [-0.4, -0.2) is 15.7 Å². The van der Waals surface area contributed by atoms with Gasteiger partial charge in [0.05, 0.1) is 17.1 Å². The lowest BCUT2D eigenvalue weighted by Crippen LogP contribution is -2.01. The second-order valence-electron chi connectivity index (χ2n) is 4.69. The van der Waals surface area contributed by atoms with Gasteiger partial charge in [0.15, 0.2) is 0 Å². The minimum absolute atomic E-state index is 0.251. The van der Waals surface area contributed by atoms with E-state index in [4.69, 9.17) is 0 Å². The Kier molecular flexibility index (Phi) is 4.38. The molecule has 0 unspecified atom stereocenters. The van der Waals surface area contributed by atoms with Crippen molar-refractivity contribution in [3.63, 3.8) is 0 Å². The van der Waals surface area contributed by atoms with Crippen molar-refractivity contribution in [1.29, 1.82) is 0 Å². The summed E-state index contributed by atoms with van der Waals surface area (Å²) in [7, 11) is 0. The third-order valence-electron chi connectivity index (χ3n) is 3.07. The third-order valence-corrected chi connectivity index (χ3v) is 3.81. The van der Waals surface area contributed by atoms with Gasteiger partial charge in [0.2, 0.25) is 5.13 Å². The molecule has 0 aliphatic rings. The van der Waals surface area contributed by atoms with Crippen LogP contribution in [0.5, 0.6) is 0 Å². The van der Waals surface area contributed by atoms with E-state index in [-0.39, 0.29) is 5.56 Å². The fourth-order valence-electron chi connectivity index (χ4n) is 1.91. The molecule has 0 spiro atoms. The quantitative estimate of drug-likeness (QED) is 0.572. The molecule has 0 saturated carbocycles. The molecule has 0 bridgehead atoms. The predicted molar refractivity (Wildman–Crippen MR) is 87.5 cm³/mol. The molecule has 7 heteroatoms. The third kappa shape index (κ3) is 3.57. The van der Waals surface area contributed by atoms with Gasteiger partial charge in [0.25, 0.3) is 0 Å². The zero-order valence-corrected chi connectivity index (χ0v) is 12.9. The van der Waals surface area contributed by atoms with Gasteiger partial charge in [-0.2, -0.15) is 5.10 Å². The summed E-state index contributed by atoms with van der Waals surface area (Å²) in [6.45, 7) is 1.82. The van der Waals surface area contributed by atoms with Gasteiger partial charge in [-0.3, -0.25) is 10.4 Å². The van der Waals surface area contributed by atoms with E-state index in [2.05, 4.69) is 20.5 Å². The van der Waals surface area contributed by atoms with Crippen molar-refractivity contribution < 1.29 is 8.78 Å². The van der Waals surface area contributed by atoms with Crippen LogP contribution in [-0.2, 0) is 0 Å². The molecule has 1 aromatic carbocycles. The summed E-state index contributed by atoms with van der Waals surface area (Å²) in [5.41, 5.74) is 4.96. The van der Waals surface area contributed by atoms with Gasteiger partial charge in [-0.1, -0.05) is 6.07 Å². The fraction of sp³-hybridized carbons (Fsp3) is 0.0625. The molecule has 0 amide bonds. The number of rotatable bonds is 4. The number of hydrazone groups is 1. The van der Waals surface area contributed by atoms with Crippen molar-refractivity contribution in [3.8, 4) is 11.3 Å². The molecule has 2 heterocycles. The number of pyridine rings is 1. The molecule has 2 aromatic heterocycles. The van der Waals surface area contributed by atoms with E-state index in [9.17, 15) is 8.78 Å². The summed E-state index contributed by atoms with van der Waals surface area (Å²) in [6, 6.07) is 8.96. The summed E-state index contributed by atoms with van der Waals surface area (Å²) in [5.74, 6) is -1.26. The Morgan fingerprint density at radius 2 is 2.09 bits per heavy atom. The summed E-state index contributed by atoms with van der Waals surface area (Å²) in [4.78, 5) is 8.44. The number of benzene rings is 1. The lowest BCUT2D eigenvalue weighted by Gasteiger charge is -2.00. The Morgan fingerprint density at radius 1 is 1.22 bits per heavy atom. The molecule has 3 rings (SSSR count). The van der Waals surface area contributed by atoms with Crippen LogP contribution in [0.4, 0.5) is 13.9 Å². The lowest BCUT2D eigenvalue weighted by molar-refractivity contribution is 0.585. The van der Waals surface area contributed by atoms with Gasteiger partial charge < -0.3 is 0 Å². The Balaban J connectivity index is 1.77. The molecule has 0 atom stereocenters. The topological polar surface area (TPSA) is 50.2 Å². The molecule has 4 nitrogen and oxygen atoms in total. The monoisotopic (exact) mass is 330 g/mol. The SMILES string of the molecule is C/C(=N/Nc1nc(-c2ccc(F)cc2F)cs1)c1ccccn1. The molecule has 1 N–H and O–H groups in total. The second-order valence-corrected chi connectivity index (χ2v) is 5.54. The number of hydrogen-bond acceptors (Lipinski definition) is 5. The first-order chi connectivity index (χ1) is 11.1. The summed E-state index contributed by atoms with van der Waals surface area (Å²) >= 11 is 1.28. The van der Waals surface area contributed by atoms with Crippen molar-refractivity contribution >= 4 is 22.2 Å². The van der Waals surface area contributed by atoms with Gasteiger partial charge in [-0.15, -0.1) is 11.3 Å². The fourth-order valence-corrected chi connectivity index (χ4v) is 2.56. The maximum Gasteiger partial charge on any atom is 0.203 e. The molecule has 0 saturated heterocycles. The number of halogens is 2. The molecule has 0 radical (unpaired) electrons. The molecule has 0 aliphatic heterocycles. The zero-order valence-electron chi connectivity index (χ0n) is 12.1. The van der Waals surface area contributed by atoms with E-state index in [0.29, 0.717) is 16.5 Å². The number of nitrogens with one attached hydrogen (secondary N) is 1. The first-order valence-corrected chi connectivity index (χ1v) is 7.64. The minimum Gasteiger partial charge on any atom is -0.255 e. The van der Waals surface area contributed by atoms with Crippen LogP contribution in [0, 0.1) is 11.6 Å². The van der Waals surface area contributed by atoms with Crippen LogP contribution in [0.2, 0.25) is 0 Å². The van der Waals surface area contributed by atoms with Gasteiger partial charge in [0, 0.05) is 23.2 Å². The normalized spacial score (nSPS) is 11.5. The highest BCUT2D eigenvalue weighted by atomic mass is 32.1. The highest BCUT2D eigenvalue weighted by Crippen LogP contribution is 2.27. The number of thiazole rings is 1. The number of aromatic nitrogens is 2. The number of nitrogens with zero attached hydrogens (tertiary/aromatic N) is 3. The maximum absolute atomic E-state index is 13.7. The van der Waals surface area contributed by atoms with Crippen LogP contribution in [0.1, 0.15) is 12.6 Å². The van der Waals surface area contributed by atoms with E-state index in [1.165, 1.54) is 23.5 Å².